The van der Waals surface area contributed by atoms with E-state index in [9.17, 15) is 15.3 Å². The first-order valence-electron chi connectivity index (χ1n) is 25.6. The van der Waals surface area contributed by atoms with Gasteiger partial charge in [0.05, 0.1) is 64.3 Å². The average Bonchev–Trinajstić information content (AvgIpc) is 4.27. The number of aryl methyl sites for hydroxylation is 3. The molecule has 0 aliphatic rings. The van der Waals surface area contributed by atoms with Crippen molar-refractivity contribution in [2.24, 2.45) is 0 Å². The number of hydrogen-bond donors (Lipinski definition) is 3. The van der Waals surface area contributed by atoms with E-state index in [1.165, 1.54) is 31.0 Å². The molecule has 422 valence electrons. The largest absolute Gasteiger partial charge is 0.504 e. The molecule has 3 aromatic carbocycles. The summed E-state index contributed by atoms with van der Waals surface area (Å²) in [7, 11) is 5.96. The molecule has 6 heterocycles. The number of fused-ring (bicyclic) bond motifs is 3. The molecule has 9 aromatic rings. The molecule has 18 nitrogen and oxygen atoms in total. The van der Waals surface area contributed by atoms with E-state index in [1.54, 1.807) is 0 Å². The zero-order valence-electron chi connectivity index (χ0n) is 44.4. The highest BCUT2D eigenvalue weighted by Crippen LogP contribution is 2.39. The quantitative estimate of drug-likeness (QED) is 0.0573. The maximum absolute atomic E-state index is 10.2. The van der Waals surface area contributed by atoms with Crippen LogP contribution >= 0.6 is 69.6 Å². The van der Waals surface area contributed by atoms with Gasteiger partial charge in [0.25, 0.3) is 0 Å². The standard InChI is InChI=1S/C19H23Cl2N5O.C18H21Cl2N5O.C17H19Cl2N5O.CH4/c1-3-4-5-8-26-12-14(23-24-26)11-25(2)10-13-6-7-15-16(20)9-17(21)19(27)18(15)22-13;1-3-4-7-25-11-13(22-23-25)10-24(2)9-12-5-6-14-15(19)8-16(20)18(26)17(14)21-12;1-3-6-24-10-12(21-22-24)9-23(2)8-11-4-5-13-14(18)7-15(19)17(25)16(13)20-11;/h6-7,9,12,27H,3-5,8,10-11H2,1-2H3;5-6,8,11,26H,3-4,7,9-10H2,1-2H3;4-5,7,10,25H,3,6,8-9H2,1-2H3;1H4. The van der Waals surface area contributed by atoms with Crippen molar-refractivity contribution in [2.45, 2.75) is 126 Å². The van der Waals surface area contributed by atoms with E-state index in [0.29, 0.717) is 87.0 Å². The minimum atomic E-state index is -0.0481. The monoisotopic (exact) mass is 1200 g/mol. The Kier molecular flexibility index (Phi) is 23.5. The summed E-state index contributed by atoms with van der Waals surface area (Å²) in [5, 5.41) is 59.6. The van der Waals surface area contributed by atoms with Crippen LogP contribution in [0.15, 0.2) is 73.2 Å². The Bertz CT molecular complexity index is 3450. The van der Waals surface area contributed by atoms with Gasteiger partial charge in [-0.2, -0.15) is 0 Å². The lowest BCUT2D eigenvalue weighted by Crippen LogP contribution is -2.18. The molecule has 0 unspecified atom stereocenters. The van der Waals surface area contributed by atoms with E-state index >= 15 is 0 Å². The number of aromatic hydroxyl groups is 3. The van der Waals surface area contributed by atoms with E-state index < -0.39 is 0 Å². The Hall–Kier alpha value is -5.67. The van der Waals surface area contributed by atoms with Crippen molar-refractivity contribution in [1.29, 1.82) is 0 Å². The first-order chi connectivity index (χ1) is 37.4. The Morgan fingerprint density at radius 1 is 0.392 bits per heavy atom. The zero-order chi connectivity index (χ0) is 56.0. The van der Waals surface area contributed by atoms with Crippen molar-refractivity contribution in [3.63, 3.8) is 0 Å². The molecule has 3 N–H and O–H groups in total. The number of halogens is 6. The Balaban J connectivity index is 0.000000190. The number of rotatable bonds is 21. The van der Waals surface area contributed by atoms with Crippen LogP contribution in [0.1, 0.15) is 101 Å². The van der Waals surface area contributed by atoms with Crippen LogP contribution in [-0.2, 0) is 58.9 Å². The van der Waals surface area contributed by atoms with Crippen molar-refractivity contribution in [3.05, 3.63) is 137 Å². The number of benzene rings is 3. The summed E-state index contributed by atoms with van der Waals surface area (Å²) in [6.45, 7) is 12.9. The lowest BCUT2D eigenvalue weighted by Gasteiger charge is -2.15. The summed E-state index contributed by atoms with van der Waals surface area (Å²) in [4.78, 5) is 19.8. The number of hydrogen-bond acceptors (Lipinski definition) is 15. The second kappa shape index (κ2) is 29.7. The van der Waals surface area contributed by atoms with Crippen molar-refractivity contribution in [3.8, 4) is 17.2 Å². The van der Waals surface area contributed by atoms with Gasteiger partial charge in [0.2, 0.25) is 0 Å². The fraction of sp³-hybridized carbons (Fsp3) is 0.400. The molecular weight excluding hydrogens is 1130 g/mol. The zero-order valence-corrected chi connectivity index (χ0v) is 48.9. The Morgan fingerprint density at radius 3 is 1.01 bits per heavy atom. The lowest BCUT2D eigenvalue weighted by atomic mass is 10.2. The van der Waals surface area contributed by atoms with Crippen molar-refractivity contribution in [1.82, 2.24) is 74.6 Å². The summed E-state index contributed by atoms with van der Waals surface area (Å²) >= 11 is 36.5. The van der Waals surface area contributed by atoms with Gasteiger partial charge in [-0.3, -0.25) is 28.7 Å². The molecule has 0 fully saturated rings. The van der Waals surface area contributed by atoms with Gasteiger partial charge in [-0.25, -0.2) is 15.0 Å². The third-order valence-electron chi connectivity index (χ3n) is 12.3. The van der Waals surface area contributed by atoms with Crippen LogP contribution in [0.3, 0.4) is 0 Å². The highest BCUT2D eigenvalue weighted by atomic mass is 35.5. The van der Waals surface area contributed by atoms with Gasteiger partial charge in [0, 0.05) is 93.7 Å². The van der Waals surface area contributed by atoms with E-state index in [-0.39, 0.29) is 39.7 Å². The summed E-state index contributed by atoms with van der Waals surface area (Å²) in [6.07, 6.45) is 12.7. The molecule has 0 spiro atoms. The number of pyridine rings is 3. The van der Waals surface area contributed by atoms with Gasteiger partial charge < -0.3 is 15.3 Å². The number of aromatic nitrogens is 12. The fourth-order valence-electron chi connectivity index (χ4n) is 8.45. The Labute approximate surface area is 490 Å². The molecule has 0 amide bonds. The second-order valence-electron chi connectivity index (χ2n) is 19.2. The molecule has 0 saturated heterocycles. The number of unbranched alkanes of at least 4 members (excludes halogenated alkanes) is 3. The molecule has 0 aliphatic carbocycles. The van der Waals surface area contributed by atoms with Crippen molar-refractivity contribution >= 4 is 102 Å². The molecule has 0 atom stereocenters. The SMILES string of the molecule is C.CCCCCn1cc(CN(C)Cc2ccc3c(Cl)cc(Cl)c(O)c3n2)nn1.CCCCn1cc(CN(C)Cc2ccc3c(Cl)cc(Cl)c(O)c3n2)nn1.CCCn1cc(CN(C)Cc2ccc3c(Cl)cc(Cl)c(O)c3n2)nn1. The van der Waals surface area contributed by atoms with Crippen molar-refractivity contribution in [2.75, 3.05) is 21.1 Å². The van der Waals surface area contributed by atoms with Crippen LogP contribution < -0.4 is 0 Å². The highest BCUT2D eigenvalue weighted by molar-refractivity contribution is 6.41. The van der Waals surface area contributed by atoms with E-state index in [4.69, 9.17) is 69.6 Å². The molecule has 0 saturated carbocycles. The minimum Gasteiger partial charge on any atom is -0.504 e. The molecule has 9 rings (SSSR count). The molecule has 6 aromatic heterocycles. The first-order valence-corrected chi connectivity index (χ1v) is 27.8. The number of phenolic OH excluding ortho intramolecular Hbond substituents is 3. The average molecular weight is 1200 g/mol. The lowest BCUT2D eigenvalue weighted by molar-refractivity contribution is 0.311. The maximum atomic E-state index is 10.2. The highest BCUT2D eigenvalue weighted by Gasteiger charge is 2.17. The van der Waals surface area contributed by atoms with Gasteiger partial charge in [0.1, 0.15) is 16.6 Å². The van der Waals surface area contributed by atoms with Crippen LogP contribution in [0.4, 0.5) is 0 Å². The van der Waals surface area contributed by atoms with Gasteiger partial charge in [-0.15, -0.1) is 15.3 Å². The second-order valence-corrected chi connectivity index (χ2v) is 21.6. The van der Waals surface area contributed by atoms with E-state index in [2.05, 4.69) is 81.4 Å². The fourth-order valence-corrected chi connectivity index (χ4v) is 10.0. The van der Waals surface area contributed by atoms with Crippen LogP contribution in [0.25, 0.3) is 32.7 Å². The predicted molar refractivity (Wildman–Crippen MR) is 317 cm³/mol. The van der Waals surface area contributed by atoms with Crippen LogP contribution in [0, 0.1) is 0 Å². The van der Waals surface area contributed by atoms with Crippen molar-refractivity contribution < 1.29 is 15.3 Å². The number of phenols is 3. The molecule has 0 bridgehead atoms. The molecule has 0 aliphatic heterocycles. The summed E-state index contributed by atoms with van der Waals surface area (Å²) in [5.41, 5.74) is 6.43. The Morgan fingerprint density at radius 2 is 0.696 bits per heavy atom. The summed E-state index contributed by atoms with van der Waals surface area (Å²) in [5.74, 6) is -0.141. The summed E-state index contributed by atoms with van der Waals surface area (Å²) in [6, 6.07) is 15.8. The van der Waals surface area contributed by atoms with E-state index in [0.717, 1.165) is 79.5 Å². The third kappa shape index (κ3) is 17.2. The molecule has 24 heteroatoms. The molecule has 0 radical (unpaired) electrons. The van der Waals surface area contributed by atoms with Gasteiger partial charge in [-0.05, 0) is 95.0 Å². The van der Waals surface area contributed by atoms with E-state index in [1.807, 2.05) is 90.2 Å². The van der Waals surface area contributed by atoms with Gasteiger partial charge in [0.15, 0.2) is 17.2 Å². The van der Waals surface area contributed by atoms with Gasteiger partial charge >= 0.3 is 0 Å². The van der Waals surface area contributed by atoms with Crippen LogP contribution in [0.5, 0.6) is 17.2 Å². The van der Waals surface area contributed by atoms with Crippen LogP contribution in [-0.4, -0.2) is 111 Å². The first kappa shape index (κ1) is 62.5. The maximum Gasteiger partial charge on any atom is 0.160 e. The topological polar surface area (TPSA) is 201 Å². The predicted octanol–water partition coefficient (Wildman–Crippen LogP) is 13.4. The minimum absolute atomic E-state index is 0. The third-order valence-corrected chi connectivity index (χ3v) is 14.1. The normalized spacial score (nSPS) is 11.4. The number of nitrogens with zero attached hydrogens (tertiary/aromatic N) is 15. The summed E-state index contributed by atoms with van der Waals surface area (Å²) < 4.78 is 5.62. The van der Waals surface area contributed by atoms with Crippen LogP contribution in [0.2, 0.25) is 30.1 Å². The van der Waals surface area contributed by atoms with Gasteiger partial charge in [-0.1, -0.05) is 133 Å². The molecular formula is C55H67Cl6N15O3. The molecule has 79 heavy (non-hydrogen) atoms. The smallest absolute Gasteiger partial charge is 0.160 e.